The Morgan fingerprint density at radius 2 is 2.05 bits per heavy atom. The largest absolute Gasteiger partial charge is 0.352 e. The second-order valence-electron chi connectivity index (χ2n) is 5.00. The van der Waals surface area contributed by atoms with E-state index in [0.29, 0.717) is 0 Å². The summed E-state index contributed by atoms with van der Waals surface area (Å²) in [6, 6.07) is 12.3. The predicted molar refractivity (Wildman–Crippen MR) is 88.5 cm³/mol. The number of guanidine groups is 1. The van der Waals surface area contributed by atoms with Crippen LogP contribution in [0, 0.1) is 0 Å². The second-order valence-corrected chi connectivity index (χ2v) is 5.44. The maximum atomic E-state index is 6.02. The molecular weight excluding hydrogens is 284 g/mol. The zero-order chi connectivity index (χ0) is 15.2. The number of hydrogen-bond acceptors (Lipinski definition) is 1. The van der Waals surface area contributed by atoms with Gasteiger partial charge in [-0.15, -0.1) is 0 Å². The van der Waals surface area contributed by atoms with E-state index >= 15 is 0 Å². The number of halogens is 1. The van der Waals surface area contributed by atoms with Crippen LogP contribution < -0.4 is 5.32 Å². The van der Waals surface area contributed by atoms with Gasteiger partial charge >= 0.3 is 0 Å². The topological polar surface area (TPSA) is 32.6 Å². The summed E-state index contributed by atoms with van der Waals surface area (Å²) >= 11 is 6.02. The Labute approximate surface area is 131 Å². The Balaban J connectivity index is 1.96. The predicted octanol–water partition coefficient (Wildman–Crippen LogP) is 2.89. The number of aryl methyl sites for hydroxylation is 1. The molecule has 0 saturated heterocycles. The van der Waals surface area contributed by atoms with Crippen LogP contribution in [-0.2, 0) is 20.1 Å². The molecule has 21 heavy (non-hydrogen) atoms. The molecule has 0 atom stereocenters. The van der Waals surface area contributed by atoms with Crippen LogP contribution in [0.25, 0.3) is 0 Å². The van der Waals surface area contributed by atoms with E-state index in [9.17, 15) is 0 Å². The molecule has 0 aliphatic heterocycles. The Kier molecular flexibility index (Phi) is 5.28. The van der Waals surface area contributed by atoms with Crippen molar-refractivity contribution in [3.63, 3.8) is 0 Å². The zero-order valence-corrected chi connectivity index (χ0v) is 13.4. The summed E-state index contributed by atoms with van der Waals surface area (Å²) in [4.78, 5) is 6.40. The first kappa shape index (κ1) is 15.4. The molecule has 2 rings (SSSR count). The molecular formula is C16H21ClN4. The van der Waals surface area contributed by atoms with E-state index in [4.69, 9.17) is 11.6 Å². The van der Waals surface area contributed by atoms with Crippen LogP contribution in [0.15, 0.2) is 47.6 Å². The van der Waals surface area contributed by atoms with Crippen molar-refractivity contribution in [2.24, 2.45) is 12.0 Å². The molecule has 0 aliphatic carbocycles. The summed E-state index contributed by atoms with van der Waals surface area (Å²) in [6.07, 6.45) is 1.91. The van der Waals surface area contributed by atoms with Crippen LogP contribution in [0.2, 0.25) is 5.02 Å². The van der Waals surface area contributed by atoms with E-state index in [2.05, 4.69) is 27.3 Å². The Hall–Kier alpha value is -1.94. The molecule has 0 spiro atoms. The highest BCUT2D eigenvalue weighted by molar-refractivity contribution is 6.30. The van der Waals surface area contributed by atoms with Gasteiger partial charge in [0.25, 0.3) is 0 Å². The molecule has 5 heteroatoms. The maximum Gasteiger partial charge on any atom is 0.194 e. The zero-order valence-electron chi connectivity index (χ0n) is 12.7. The van der Waals surface area contributed by atoms with Crippen molar-refractivity contribution < 1.29 is 0 Å². The fraction of sp³-hybridized carbons (Fsp3) is 0.312. The third kappa shape index (κ3) is 4.26. The minimum absolute atomic E-state index is 0.748. The molecule has 2 aromatic rings. The summed E-state index contributed by atoms with van der Waals surface area (Å²) in [7, 11) is 5.80. The number of nitrogens with zero attached hydrogens (tertiary/aromatic N) is 3. The number of aromatic nitrogens is 1. The van der Waals surface area contributed by atoms with Gasteiger partial charge in [-0.2, -0.15) is 0 Å². The Bertz CT molecular complexity index is 604. The molecule has 0 aliphatic rings. The lowest BCUT2D eigenvalue weighted by atomic mass is 10.2. The monoisotopic (exact) mass is 304 g/mol. The average Bonchev–Trinajstić information content (AvgIpc) is 2.78. The van der Waals surface area contributed by atoms with Crippen molar-refractivity contribution in [3.05, 3.63) is 58.9 Å². The summed E-state index contributed by atoms with van der Waals surface area (Å²) in [5.41, 5.74) is 2.37. The molecule has 1 heterocycles. The van der Waals surface area contributed by atoms with Gasteiger partial charge in [-0.05, 0) is 11.6 Å². The highest BCUT2D eigenvalue weighted by Gasteiger charge is 2.09. The van der Waals surface area contributed by atoms with E-state index in [1.54, 1.807) is 7.05 Å². The molecule has 1 N–H and O–H groups in total. The minimum atomic E-state index is 0.748. The molecule has 0 bridgehead atoms. The number of nitrogens with one attached hydrogen (secondary N) is 1. The number of hydrogen-bond donors (Lipinski definition) is 1. The van der Waals surface area contributed by atoms with Crippen molar-refractivity contribution in [1.29, 1.82) is 0 Å². The highest BCUT2D eigenvalue weighted by Crippen LogP contribution is 2.14. The van der Waals surface area contributed by atoms with Gasteiger partial charge in [-0.1, -0.05) is 41.9 Å². The summed E-state index contributed by atoms with van der Waals surface area (Å²) in [5.74, 6) is 0.858. The van der Waals surface area contributed by atoms with E-state index in [1.807, 2.05) is 49.1 Å². The van der Waals surface area contributed by atoms with Crippen LogP contribution in [0.5, 0.6) is 0 Å². The lowest BCUT2D eigenvalue weighted by Crippen LogP contribution is -2.38. The van der Waals surface area contributed by atoms with E-state index in [-0.39, 0.29) is 0 Å². The molecule has 0 fully saturated rings. The first-order valence-corrected chi connectivity index (χ1v) is 7.24. The standard InChI is InChI=1S/C16H21ClN4/c1-18-16(19-10-13-7-5-4-6-8-13)21(3)12-15-9-14(17)11-20(15)2/h4-9,11H,10,12H2,1-3H3,(H,18,19). The molecule has 1 aromatic heterocycles. The van der Waals surface area contributed by atoms with Crippen LogP contribution in [0.1, 0.15) is 11.3 Å². The fourth-order valence-corrected chi connectivity index (χ4v) is 2.48. The third-order valence-electron chi connectivity index (χ3n) is 3.34. The molecule has 4 nitrogen and oxygen atoms in total. The summed E-state index contributed by atoms with van der Waals surface area (Å²) in [5, 5.41) is 4.12. The molecule has 0 saturated carbocycles. The van der Waals surface area contributed by atoms with Gasteiger partial charge in [-0.25, -0.2) is 0 Å². The van der Waals surface area contributed by atoms with E-state index in [1.165, 1.54) is 5.56 Å². The van der Waals surface area contributed by atoms with Crippen molar-refractivity contribution >= 4 is 17.6 Å². The first-order valence-electron chi connectivity index (χ1n) is 6.86. The number of rotatable bonds is 4. The van der Waals surface area contributed by atoms with Gasteiger partial charge < -0.3 is 14.8 Å². The van der Waals surface area contributed by atoms with Crippen LogP contribution in [0.4, 0.5) is 0 Å². The Morgan fingerprint density at radius 1 is 1.33 bits per heavy atom. The van der Waals surface area contributed by atoms with Gasteiger partial charge in [0.05, 0.1) is 11.6 Å². The van der Waals surface area contributed by atoms with Crippen LogP contribution in [0.3, 0.4) is 0 Å². The lowest BCUT2D eigenvalue weighted by molar-refractivity contribution is 0.461. The van der Waals surface area contributed by atoms with E-state index in [0.717, 1.165) is 29.8 Å². The van der Waals surface area contributed by atoms with Crippen molar-refractivity contribution in [2.75, 3.05) is 14.1 Å². The number of aliphatic imine (C=N–C) groups is 1. The quantitative estimate of drug-likeness (QED) is 0.696. The van der Waals surface area contributed by atoms with Gasteiger partial charge in [0.1, 0.15) is 0 Å². The first-order chi connectivity index (χ1) is 10.1. The third-order valence-corrected chi connectivity index (χ3v) is 3.55. The highest BCUT2D eigenvalue weighted by atomic mass is 35.5. The maximum absolute atomic E-state index is 6.02. The molecule has 1 aromatic carbocycles. The molecule has 0 unspecified atom stereocenters. The fourth-order valence-electron chi connectivity index (χ4n) is 2.20. The summed E-state index contributed by atoms with van der Waals surface area (Å²) < 4.78 is 2.03. The smallest absolute Gasteiger partial charge is 0.194 e. The van der Waals surface area contributed by atoms with Crippen molar-refractivity contribution in [3.8, 4) is 0 Å². The molecule has 0 radical (unpaired) electrons. The molecule has 112 valence electrons. The summed E-state index contributed by atoms with van der Waals surface area (Å²) in [6.45, 7) is 1.50. The SMILES string of the molecule is CN=C(NCc1ccccc1)N(C)Cc1cc(Cl)cn1C. The van der Waals surface area contributed by atoms with Gasteiger partial charge in [-0.3, -0.25) is 4.99 Å². The lowest BCUT2D eigenvalue weighted by Gasteiger charge is -2.22. The minimum Gasteiger partial charge on any atom is -0.352 e. The van der Waals surface area contributed by atoms with Gasteiger partial charge in [0.15, 0.2) is 5.96 Å². The van der Waals surface area contributed by atoms with Crippen molar-refractivity contribution in [2.45, 2.75) is 13.1 Å². The average molecular weight is 305 g/mol. The van der Waals surface area contributed by atoms with Crippen LogP contribution >= 0.6 is 11.6 Å². The normalized spacial score (nSPS) is 11.5. The Morgan fingerprint density at radius 3 is 2.62 bits per heavy atom. The van der Waals surface area contributed by atoms with Crippen molar-refractivity contribution in [1.82, 2.24) is 14.8 Å². The van der Waals surface area contributed by atoms with E-state index < -0.39 is 0 Å². The van der Waals surface area contributed by atoms with Gasteiger partial charge in [0.2, 0.25) is 0 Å². The van der Waals surface area contributed by atoms with Gasteiger partial charge in [0, 0.05) is 39.6 Å². The number of benzene rings is 1. The van der Waals surface area contributed by atoms with Crippen LogP contribution in [-0.4, -0.2) is 29.5 Å². The second kappa shape index (κ2) is 7.18. The molecule has 0 amide bonds.